The zero-order valence-corrected chi connectivity index (χ0v) is 18.8. The van der Waals surface area contributed by atoms with Crippen LogP contribution in [0.25, 0.3) is 6.08 Å². The molecule has 0 heterocycles. The number of amides is 2. The van der Waals surface area contributed by atoms with Crippen molar-refractivity contribution in [1.29, 1.82) is 0 Å². The molecule has 0 aliphatic heterocycles. The van der Waals surface area contributed by atoms with Gasteiger partial charge in [0.05, 0.1) is 13.0 Å². The number of carbonyl (C=O) groups excluding carboxylic acids is 2. The summed E-state index contributed by atoms with van der Waals surface area (Å²) in [6.45, 7) is 0.429. The van der Waals surface area contributed by atoms with Crippen LogP contribution in [-0.4, -0.2) is 11.8 Å². The second-order valence-electron chi connectivity index (χ2n) is 7.91. The third kappa shape index (κ3) is 6.53. The average molecular weight is 447 g/mol. The number of nitrogens with zero attached hydrogens (tertiary/aromatic N) is 1. The van der Waals surface area contributed by atoms with Crippen LogP contribution in [0.4, 0.5) is 11.4 Å². The highest BCUT2D eigenvalue weighted by atomic mass is 16.2. The molecule has 0 atom stereocenters. The minimum absolute atomic E-state index is 0.103. The van der Waals surface area contributed by atoms with Gasteiger partial charge in [0.1, 0.15) is 0 Å². The zero-order chi connectivity index (χ0) is 23.6. The van der Waals surface area contributed by atoms with E-state index in [0.717, 1.165) is 28.1 Å². The van der Waals surface area contributed by atoms with E-state index in [1.54, 1.807) is 11.0 Å². The fourth-order valence-corrected chi connectivity index (χ4v) is 3.63. The molecule has 0 aromatic heterocycles. The lowest BCUT2D eigenvalue weighted by atomic mass is 10.1. The molecule has 4 nitrogen and oxygen atoms in total. The van der Waals surface area contributed by atoms with Crippen molar-refractivity contribution in [2.24, 2.45) is 0 Å². The minimum atomic E-state index is -0.126. The summed E-state index contributed by atoms with van der Waals surface area (Å²) in [4.78, 5) is 27.5. The first-order valence-corrected chi connectivity index (χ1v) is 11.2. The molecule has 0 fully saturated rings. The van der Waals surface area contributed by atoms with Crippen LogP contribution in [0.15, 0.2) is 121 Å². The predicted molar refractivity (Wildman–Crippen MR) is 138 cm³/mol. The Morgan fingerprint density at radius 2 is 1.32 bits per heavy atom. The smallest absolute Gasteiger partial charge is 0.251 e. The van der Waals surface area contributed by atoms with Gasteiger partial charge in [-0.1, -0.05) is 91.0 Å². The number of nitrogens with one attached hydrogen (secondary N) is 1. The highest BCUT2D eigenvalue weighted by molar-refractivity contribution is 6.04. The molecule has 4 aromatic carbocycles. The third-order valence-corrected chi connectivity index (χ3v) is 5.31. The number of anilines is 2. The molecule has 4 heteroatoms. The van der Waals surface area contributed by atoms with Gasteiger partial charge in [-0.3, -0.25) is 9.59 Å². The first-order valence-electron chi connectivity index (χ1n) is 11.2. The molecule has 168 valence electrons. The van der Waals surface area contributed by atoms with E-state index < -0.39 is 0 Å². The van der Waals surface area contributed by atoms with Gasteiger partial charge >= 0.3 is 0 Å². The van der Waals surface area contributed by atoms with Crippen molar-refractivity contribution in [3.63, 3.8) is 0 Å². The largest absolute Gasteiger partial charge is 0.326 e. The Morgan fingerprint density at radius 1 is 0.706 bits per heavy atom. The van der Waals surface area contributed by atoms with Gasteiger partial charge in [-0.05, 0) is 47.0 Å². The number of rotatable bonds is 8. The van der Waals surface area contributed by atoms with Crippen molar-refractivity contribution in [3.8, 4) is 0 Å². The quantitative estimate of drug-likeness (QED) is 0.332. The second kappa shape index (κ2) is 11.4. The van der Waals surface area contributed by atoms with Crippen LogP contribution in [0.2, 0.25) is 0 Å². The first-order chi connectivity index (χ1) is 16.7. The monoisotopic (exact) mass is 446 g/mol. The van der Waals surface area contributed by atoms with Gasteiger partial charge in [0.25, 0.3) is 5.91 Å². The van der Waals surface area contributed by atoms with E-state index in [2.05, 4.69) is 5.32 Å². The summed E-state index contributed by atoms with van der Waals surface area (Å²) in [5, 5.41) is 2.91. The molecule has 0 unspecified atom stereocenters. The molecule has 0 bridgehead atoms. The van der Waals surface area contributed by atoms with Crippen molar-refractivity contribution in [1.82, 2.24) is 0 Å². The van der Waals surface area contributed by atoms with Gasteiger partial charge in [-0.2, -0.15) is 0 Å². The molecule has 0 saturated carbocycles. The van der Waals surface area contributed by atoms with E-state index in [0.29, 0.717) is 6.54 Å². The van der Waals surface area contributed by atoms with Crippen LogP contribution in [0.5, 0.6) is 0 Å². The maximum atomic E-state index is 13.3. The maximum absolute atomic E-state index is 13.3. The Bertz CT molecular complexity index is 1250. The summed E-state index contributed by atoms with van der Waals surface area (Å²) in [7, 11) is 0. The predicted octanol–water partition coefficient (Wildman–Crippen LogP) is 6.11. The molecule has 0 saturated heterocycles. The van der Waals surface area contributed by atoms with Gasteiger partial charge in [-0.15, -0.1) is 0 Å². The summed E-state index contributed by atoms with van der Waals surface area (Å²) in [6, 6.07) is 36.6. The number of carbonyl (C=O) groups is 2. The van der Waals surface area contributed by atoms with Gasteiger partial charge in [-0.25, -0.2) is 0 Å². The van der Waals surface area contributed by atoms with E-state index in [-0.39, 0.29) is 18.2 Å². The highest BCUT2D eigenvalue weighted by Crippen LogP contribution is 2.21. The fraction of sp³-hybridized carbons (Fsp3) is 0.0667. The standard InChI is InChI=1S/C30H26N2O2/c33-29(31-27-16-8-3-9-17-27)22-26-15-10-18-28(21-26)32(23-25-13-6-2-7-14-25)30(34)20-19-24-11-4-1-5-12-24/h1-21H,22-23H2,(H,31,33). The summed E-state index contributed by atoms with van der Waals surface area (Å²) in [5.41, 5.74) is 4.33. The average Bonchev–Trinajstić information content (AvgIpc) is 2.88. The van der Waals surface area contributed by atoms with Crippen LogP contribution in [0.3, 0.4) is 0 Å². The fourth-order valence-electron chi connectivity index (χ4n) is 3.63. The molecule has 4 rings (SSSR count). The summed E-state index contributed by atoms with van der Waals surface area (Å²) in [6.07, 6.45) is 3.63. The SMILES string of the molecule is O=C(Cc1cccc(N(Cc2ccccc2)C(=O)C=Cc2ccccc2)c1)Nc1ccccc1. The van der Waals surface area contributed by atoms with Crippen molar-refractivity contribution >= 4 is 29.3 Å². The Morgan fingerprint density at radius 3 is 2.03 bits per heavy atom. The molecule has 0 radical (unpaired) electrons. The number of para-hydroxylation sites is 1. The number of hydrogen-bond acceptors (Lipinski definition) is 2. The van der Waals surface area contributed by atoms with Crippen LogP contribution in [-0.2, 0) is 22.6 Å². The molecule has 2 amide bonds. The van der Waals surface area contributed by atoms with Crippen molar-refractivity contribution < 1.29 is 9.59 Å². The van der Waals surface area contributed by atoms with Crippen LogP contribution < -0.4 is 10.2 Å². The van der Waals surface area contributed by atoms with Gasteiger partial charge in [0.2, 0.25) is 5.91 Å². The lowest BCUT2D eigenvalue weighted by Crippen LogP contribution is -2.28. The molecule has 1 N–H and O–H groups in total. The first kappa shape index (κ1) is 22.7. The lowest BCUT2D eigenvalue weighted by molar-refractivity contribution is -0.115. The molecule has 0 aliphatic rings. The van der Waals surface area contributed by atoms with Gasteiger partial charge in [0.15, 0.2) is 0 Å². The Labute approximate surface area is 200 Å². The lowest BCUT2D eigenvalue weighted by Gasteiger charge is -2.22. The molecular formula is C30H26N2O2. The molecule has 34 heavy (non-hydrogen) atoms. The molecular weight excluding hydrogens is 420 g/mol. The van der Waals surface area contributed by atoms with Crippen molar-refractivity contribution in [3.05, 3.63) is 138 Å². The maximum Gasteiger partial charge on any atom is 0.251 e. The van der Waals surface area contributed by atoms with E-state index in [1.165, 1.54) is 0 Å². The second-order valence-corrected chi connectivity index (χ2v) is 7.91. The Hall–Kier alpha value is -4.44. The number of hydrogen-bond donors (Lipinski definition) is 1. The summed E-state index contributed by atoms with van der Waals surface area (Å²) in [5.74, 6) is -0.230. The number of benzene rings is 4. The van der Waals surface area contributed by atoms with E-state index >= 15 is 0 Å². The van der Waals surface area contributed by atoms with Crippen molar-refractivity contribution in [2.45, 2.75) is 13.0 Å². The Balaban J connectivity index is 1.54. The van der Waals surface area contributed by atoms with Crippen molar-refractivity contribution in [2.75, 3.05) is 10.2 Å². The van der Waals surface area contributed by atoms with E-state index in [9.17, 15) is 9.59 Å². The summed E-state index contributed by atoms with van der Waals surface area (Å²) < 4.78 is 0. The third-order valence-electron chi connectivity index (χ3n) is 5.31. The normalized spacial score (nSPS) is 10.7. The van der Waals surface area contributed by atoms with E-state index in [1.807, 2.05) is 121 Å². The topological polar surface area (TPSA) is 49.4 Å². The summed E-state index contributed by atoms with van der Waals surface area (Å²) >= 11 is 0. The van der Waals surface area contributed by atoms with Crippen LogP contribution >= 0.6 is 0 Å². The minimum Gasteiger partial charge on any atom is -0.326 e. The Kier molecular flexibility index (Phi) is 7.65. The zero-order valence-electron chi connectivity index (χ0n) is 18.8. The molecule has 0 spiro atoms. The van der Waals surface area contributed by atoms with Crippen LogP contribution in [0, 0.1) is 0 Å². The highest BCUT2D eigenvalue weighted by Gasteiger charge is 2.15. The van der Waals surface area contributed by atoms with Gasteiger partial charge < -0.3 is 10.2 Å². The van der Waals surface area contributed by atoms with E-state index in [4.69, 9.17) is 0 Å². The van der Waals surface area contributed by atoms with Crippen LogP contribution in [0.1, 0.15) is 16.7 Å². The van der Waals surface area contributed by atoms with Gasteiger partial charge in [0, 0.05) is 17.5 Å². The molecule has 4 aromatic rings. The molecule has 0 aliphatic carbocycles.